The molecule has 1 aliphatic rings. The summed E-state index contributed by atoms with van der Waals surface area (Å²) in [5.74, 6) is 0.429. The normalized spacial score (nSPS) is 16.7. The van der Waals surface area contributed by atoms with Crippen LogP contribution >= 0.6 is 0 Å². The lowest BCUT2D eigenvalue weighted by Gasteiger charge is -2.32. The van der Waals surface area contributed by atoms with Crippen molar-refractivity contribution in [1.29, 1.82) is 0 Å². The van der Waals surface area contributed by atoms with Crippen molar-refractivity contribution >= 4 is 5.69 Å². The molecule has 1 saturated heterocycles. The molecular weight excluding hydrogens is 260 g/mol. The minimum atomic E-state index is 0.355. The molecule has 0 radical (unpaired) electrons. The zero-order valence-electron chi connectivity index (χ0n) is 12.9. The predicted molar refractivity (Wildman–Crippen MR) is 87.1 cm³/mol. The van der Waals surface area contributed by atoms with Crippen molar-refractivity contribution in [3.05, 3.63) is 42.2 Å². The van der Waals surface area contributed by atoms with Gasteiger partial charge in [-0.05, 0) is 30.9 Å². The quantitative estimate of drug-likeness (QED) is 0.942. The molecule has 0 spiro atoms. The third kappa shape index (κ3) is 2.81. The van der Waals surface area contributed by atoms with E-state index in [1.54, 1.807) is 0 Å². The molecule has 3 rings (SSSR count). The van der Waals surface area contributed by atoms with Gasteiger partial charge in [0.25, 0.3) is 0 Å². The lowest BCUT2D eigenvalue weighted by molar-refractivity contribution is 0.499. The number of rotatable bonds is 3. The van der Waals surface area contributed by atoms with E-state index in [2.05, 4.69) is 52.8 Å². The van der Waals surface area contributed by atoms with Crippen LogP contribution in [0.3, 0.4) is 0 Å². The third-order valence-corrected chi connectivity index (χ3v) is 4.21. The van der Waals surface area contributed by atoms with Crippen molar-refractivity contribution < 1.29 is 0 Å². The van der Waals surface area contributed by atoms with Crippen LogP contribution in [0.4, 0.5) is 5.69 Å². The predicted octanol–water partition coefficient (Wildman–Crippen LogP) is 2.92. The fourth-order valence-corrected chi connectivity index (χ4v) is 3.05. The van der Waals surface area contributed by atoms with Gasteiger partial charge in [-0.15, -0.1) is 0 Å². The molecule has 2 N–H and O–H groups in total. The number of nitrogens with two attached hydrogens (primary N) is 1. The van der Waals surface area contributed by atoms with E-state index in [-0.39, 0.29) is 0 Å². The third-order valence-electron chi connectivity index (χ3n) is 4.21. The van der Waals surface area contributed by atoms with Gasteiger partial charge in [0, 0.05) is 19.1 Å². The van der Waals surface area contributed by atoms with E-state index >= 15 is 0 Å². The van der Waals surface area contributed by atoms with Gasteiger partial charge in [0.15, 0.2) is 0 Å². The first kappa shape index (κ1) is 14.1. The summed E-state index contributed by atoms with van der Waals surface area (Å²) in [5.41, 5.74) is 9.70. The average molecular weight is 284 g/mol. The summed E-state index contributed by atoms with van der Waals surface area (Å²) < 4.78 is 2.08. The van der Waals surface area contributed by atoms with Gasteiger partial charge in [-0.3, -0.25) is 0 Å². The zero-order chi connectivity index (χ0) is 14.8. The van der Waals surface area contributed by atoms with Gasteiger partial charge < -0.3 is 10.6 Å². The Balaban J connectivity index is 1.97. The van der Waals surface area contributed by atoms with Crippen LogP contribution in [0, 0.1) is 0 Å². The first-order valence-electron chi connectivity index (χ1n) is 7.80. The smallest absolute Gasteiger partial charge is 0.0792 e. The summed E-state index contributed by atoms with van der Waals surface area (Å²) in [6.45, 7) is 6.52. The summed E-state index contributed by atoms with van der Waals surface area (Å²) in [7, 11) is 0. The summed E-state index contributed by atoms with van der Waals surface area (Å²) >= 11 is 0. The Labute approximate surface area is 126 Å². The van der Waals surface area contributed by atoms with Gasteiger partial charge in [-0.25, -0.2) is 4.68 Å². The number of piperidine rings is 1. The van der Waals surface area contributed by atoms with Crippen LogP contribution < -0.4 is 10.6 Å². The van der Waals surface area contributed by atoms with Gasteiger partial charge in [0.2, 0.25) is 0 Å². The molecule has 0 bridgehead atoms. The fourth-order valence-electron chi connectivity index (χ4n) is 3.05. The lowest BCUT2D eigenvalue weighted by Crippen LogP contribution is -2.40. The molecule has 112 valence electrons. The van der Waals surface area contributed by atoms with Crippen LogP contribution in [-0.2, 0) is 0 Å². The van der Waals surface area contributed by atoms with Crippen LogP contribution in [0.2, 0.25) is 0 Å². The van der Waals surface area contributed by atoms with Gasteiger partial charge in [-0.1, -0.05) is 32.0 Å². The largest absolute Gasteiger partial charge is 0.369 e. The minimum absolute atomic E-state index is 0.355. The number of aromatic nitrogens is 2. The second-order valence-electron chi connectivity index (χ2n) is 6.14. The number of para-hydroxylation sites is 1. The number of nitrogens with zero attached hydrogens (tertiary/aromatic N) is 3. The molecule has 0 saturated carbocycles. The molecule has 4 heteroatoms. The molecule has 0 amide bonds. The maximum Gasteiger partial charge on any atom is 0.0792 e. The zero-order valence-corrected chi connectivity index (χ0v) is 12.9. The number of anilines is 1. The highest BCUT2D eigenvalue weighted by Gasteiger charge is 2.23. The Kier molecular flexibility index (Phi) is 3.97. The highest BCUT2D eigenvalue weighted by molar-refractivity contribution is 5.54. The highest BCUT2D eigenvalue weighted by atomic mass is 15.3. The molecule has 1 fully saturated rings. The summed E-state index contributed by atoms with van der Waals surface area (Å²) in [6, 6.07) is 10.7. The van der Waals surface area contributed by atoms with Crippen LogP contribution in [0.15, 0.2) is 36.5 Å². The number of hydrogen-bond acceptors (Lipinski definition) is 3. The Bertz CT molecular complexity index is 580. The van der Waals surface area contributed by atoms with Gasteiger partial charge in [0.1, 0.15) is 0 Å². The molecule has 1 aliphatic heterocycles. The van der Waals surface area contributed by atoms with Gasteiger partial charge in [0.05, 0.1) is 23.3 Å². The van der Waals surface area contributed by atoms with Crippen molar-refractivity contribution in [2.45, 2.75) is 38.6 Å². The van der Waals surface area contributed by atoms with Crippen molar-refractivity contribution in [3.63, 3.8) is 0 Å². The standard InChI is InChI=1S/C17H24N4/c1-13(2)17-16(20-10-8-14(18)9-11-20)12-19-21(17)15-6-4-3-5-7-15/h3-7,12-14H,8-11,18H2,1-2H3. The molecule has 2 heterocycles. The summed E-state index contributed by atoms with van der Waals surface area (Å²) in [4.78, 5) is 2.44. The van der Waals surface area contributed by atoms with Crippen LogP contribution in [0.5, 0.6) is 0 Å². The SMILES string of the molecule is CC(C)c1c(N2CCC(N)CC2)cnn1-c1ccccc1. The average Bonchev–Trinajstić information content (AvgIpc) is 2.94. The molecule has 21 heavy (non-hydrogen) atoms. The summed E-state index contributed by atoms with van der Waals surface area (Å²) in [5, 5.41) is 4.65. The van der Waals surface area contributed by atoms with E-state index in [0.717, 1.165) is 31.6 Å². The van der Waals surface area contributed by atoms with E-state index in [0.29, 0.717) is 12.0 Å². The van der Waals surface area contributed by atoms with E-state index in [9.17, 15) is 0 Å². The second kappa shape index (κ2) is 5.90. The minimum Gasteiger partial charge on any atom is -0.369 e. The maximum absolute atomic E-state index is 6.02. The maximum atomic E-state index is 6.02. The number of hydrogen-bond donors (Lipinski definition) is 1. The van der Waals surface area contributed by atoms with Crippen molar-refractivity contribution in [3.8, 4) is 5.69 Å². The monoisotopic (exact) mass is 284 g/mol. The van der Waals surface area contributed by atoms with Crippen LogP contribution in [-0.4, -0.2) is 28.9 Å². The van der Waals surface area contributed by atoms with Gasteiger partial charge in [-0.2, -0.15) is 5.10 Å². The molecule has 0 atom stereocenters. The molecule has 1 aromatic carbocycles. The number of benzene rings is 1. The topological polar surface area (TPSA) is 47.1 Å². The molecule has 0 unspecified atom stereocenters. The molecule has 1 aromatic heterocycles. The fraction of sp³-hybridized carbons (Fsp3) is 0.471. The van der Waals surface area contributed by atoms with E-state index < -0.39 is 0 Å². The lowest BCUT2D eigenvalue weighted by atomic mass is 10.0. The van der Waals surface area contributed by atoms with Crippen molar-refractivity contribution in [2.24, 2.45) is 5.73 Å². The summed E-state index contributed by atoms with van der Waals surface area (Å²) in [6.07, 6.45) is 4.14. The molecular formula is C17H24N4. The highest BCUT2D eigenvalue weighted by Crippen LogP contribution is 2.31. The molecule has 0 aliphatic carbocycles. The van der Waals surface area contributed by atoms with E-state index in [1.807, 2.05) is 12.3 Å². The van der Waals surface area contributed by atoms with Gasteiger partial charge >= 0.3 is 0 Å². The second-order valence-corrected chi connectivity index (χ2v) is 6.14. The van der Waals surface area contributed by atoms with Crippen LogP contribution in [0.25, 0.3) is 5.69 Å². The van der Waals surface area contributed by atoms with Crippen molar-refractivity contribution in [2.75, 3.05) is 18.0 Å². The molecule has 2 aromatic rings. The Hall–Kier alpha value is -1.81. The van der Waals surface area contributed by atoms with Crippen molar-refractivity contribution in [1.82, 2.24) is 9.78 Å². The Morgan fingerprint density at radius 2 is 1.81 bits per heavy atom. The van der Waals surface area contributed by atoms with E-state index in [1.165, 1.54) is 11.4 Å². The molecule has 4 nitrogen and oxygen atoms in total. The Morgan fingerprint density at radius 1 is 1.14 bits per heavy atom. The van der Waals surface area contributed by atoms with Crippen LogP contribution in [0.1, 0.15) is 38.3 Å². The first-order valence-corrected chi connectivity index (χ1v) is 7.80. The Morgan fingerprint density at radius 3 is 2.43 bits per heavy atom. The first-order chi connectivity index (χ1) is 10.2. The van der Waals surface area contributed by atoms with E-state index in [4.69, 9.17) is 5.73 Å².